The van der Waals surface area contributed by atoms with Crippen LogP contribution in [0.4, 0.5) is 0 Å². The Morgan fingerprint density at radius 2 is 2.11 bits per heavy atom. The van der Waals surface area contributed by atoms with Crippen molar-refractivity contribution in [1.29, 1.82) is 0 Å². The lowest BCUT2D eigenvalue weighted by atomic mass is 9.88. The summed E-state index contributed by atoms with van der Waals surface area (Å²) in [4.78, 5) is 12.0. The van der Waals surface area contributed by atoms with E-state index < -0.39 is 0 Å². The van der Waals surface area contributed by atoms with Crippen LogP contribution >= 0.6 is 23.2 Å². The average Bonchev–Trinajstić information content (AvgIpc) is 2.40. The number of nitrogens with one attached hydrogen (secondary N) is 1. The fourth-order valence-electron chi connectivity index (χ4n) is 2.45. The van der Waals surface area contributed by atoms with Crippen LogP contribution in [-0.4, -0.2) is 17.8 Å². The minimum absolute atomic E-state index is 0.0728. The van der Waals surface area contributed by atoms with Crippen LogP contribution in [0.15, 0.2) is 18.2 Å². The molecular weight excluding hydrogens is 281 g/mol. The maximum Gasteiger partial charge on any atom is 0.251 e. The number of alkyl halides is 1. The molecule has 0 spiro atoms. The standard InChI is InChI=1S/C15H19Cl2NO/c1-10-6-7-11(8-14(10)17)15(19)18-9-12-4-2-3-5-13(12)16/h6-8,12-13H,2-5,9H2,1H3,(H,18,19). The number of amides is 1. The summed E-state index contributed by atoms with van der Waals surface area (Å²) in [6.45, 7) is 2.57. The zero-order valence-electron chi connectivity index (χ0n) is 11.1. The van der Waals surface area contributed by atoms with Crippen molar-refractivity contribution in [1.82, 2.24) is 5.32 Å². The molecular formula is C15H19Cl2NO. The number of rotatable bonds is 3. The molecule has 4 heteroatoms. The van der Waals surface area contributed by atoms with Crippen molar-refractivity contribution in [2.45, 2.75) is 38.0 Å². The minimum atomic E-state index is -0.0728. The predicted octanol–water partition coefficient (Wildman–Crippen LogP) is 4.18. The number of halogens is 2. The summed E-state index contributed by atoms with van der Waals surface area (Å²) in [5.74, 6) is 0.316. The number of carbonyl (C=O) groups is 1. The molecule has 1 aliphatic rings. The first-order chi connectivity index (χ1) is 9.08. The van der Waals surface area contributed by atoms with E-state index in [1.165, 1.54) is 12.8 Å². The number of hydrogen-bond donors (Lipinski definition) is 1. The normalized spacial score (nSPS) is 23.1. The van der Waals surface area contributed by atoms with Crippen LogP contribution in [0.25, 0.3) is 0 Å². The lowest BCUT2D eigenvalue weighted by Crippen LogP contribution is -2.34. The largest absolute Gasteiger partial charge is 0.352 e. The molecule has 0 saturated heterocycles. The van der Waals surface area contributed by atoms with Gasteiger partial charge in [-0.05, 0) is 43.4 Å². The molecule has 0 radical (unpaired) electrons. The van der Waals surface area contributed by atoms with E-state index in [9.17, 15) is 4.79 Å². The molecule has 1 fully saturated rings. The molecule has 1 saturated carbocycles. The molecule has 2 rings (SSSR count). The van der Waals surface area contributed by atoms with Crippen molar-refractivity contribution in [2.24, 2.45) is 5.92 Å². The third kappa shape index (κ3) is 3.87. The van der Waals surface area contributed by atoms with Crippen LogP contribution in [0.3, 0.4) is 0 Å². The first-order valence-electron chi connectivity index (χ1n) is 6.76. The first kappa shape index (κ1) is 14.7. The second-order valence-electron chi connectivity index (χ2n) is 5.23. The summed E-state index contributed by atoms with van der Waals surface area (Å²) in [7, 11) is 0. The highest BCUT2D eigenvalue weighted by atomic mass is 35.5. The molecule has 0 bridgehead atoms. The van der Waals surface area contributed by atoms with Crippen LogP contribution in [-0.2, 0) is 0 Å². The van der Waals surface area contributed by atoms with E-state index in [2.05, 4.69) is 5.32 Å². The Kier molecular flexibility index (Phi) is 5.12. The SMILES string of the molecule is Cc1ccc(C(=O)NCC2CCCCC2Cl)cc1Cl. The van der Waals surface area contributed by atoms with Crippen LogP contribution in [0.1, 0.15) is 41.6 Å². The van der Waals surface area contributed by atoms with Gasteiger partial charge in [0.2, 0.25) is 0 Å². The quantitative estimate of drug-likeness (QED) is 0.834. The maximum atomic E-state index is 12.0. The van der Waals surface area contributed by atoms with Gasteiger partial charge in [0.1, 0.15) is 0 Å². The van der Waals surface area contributed by atoms with Gasteiger partial charge in [-0.1, -0.05) is 30.5 Å². The van der Waals surface area contributed by atoms with Gasteiger partial charge in [-0.2, -0.15) is 0 Å². The number of aryl methyl sites for hydroxylation is 1. The first-order valence-corrected chi connectivity index (χ1v) is 7.58. The summed E-state index contributed by atoms with van der Waals surface area (Å²) in [5.41, 5.74) is 1.59. The lowest BCUT2D eigenvalue weighted by Gasteiger charge is -2.27. The third-order valence-corrected chi connectivity index (χ3v) is 4.76. The van der Waals surface area contributed by atoms with Gasteiger partial charge < -0.3 is 5.32 Å². The van der Waals surface area contributed by atoms with E-state index in [0.29, 0.717) is 23.0 Å². The molecule has 1 aromatic rings. The van der Waals surface area contributed by atoms with Gasteiger partial charge in [0, 0.05) is 22.5 Å². The van der Waals surface area contributed by atoms with E-state index in [1.807, 2.05) is 13.0 Å². The van der Waals surface area contributed by atoms with Gasteiger partial charge in [-0.25, -0.2) is 0 Å². The molecule has 1 N–H and O–H groups in total. The summed E-state index contributed by atoms with van der Waals surface area (Å²) < 4.78 is 0. The summed E-state index contributed by atoms with van der Waals surface area (Å²) in [5, 5.41) is 3.78. The fraction of sp³-hybridized carbons (Fsp3) is 0.533. The molecule has 0 aromatic heterocycles. The van der Waals surface area contributed by atoms with E-state index in [1.54, 1.807) is 12.1 Å². The maximum absolute atomic E-state index is 12.0. The number of carbonyl (C=O) groups excluding carboxylic acids is 1. The third-order valence-electron chi connectivity index (χ3n) is 3.78. The van der Waals surface area contributed by atoms with Crippen LogP contribution < -0.4 is 5.32 Å². The Hall–Kier alpha value is -0.730. The number of hydrogen-bond acceptors (Lipinski definition) is 1. The minimum Gasteiger partial charge on any atom is -0.352 e. The van der Waals surface area contributed by atoms with Crippen LogP contribution in [0.5, 0.6) is 0 Å². The molecule has 104 valence electrons. The Labute approximate surface area is 124 Å². The van der Waals surface area contributed by atoms with Gasteiger partial charge in [-0.15, -0.1) is 11.6 Å². The molecule has 1 amide bonds. The van der Waals surface area contributed by atoms with Crippen molar-refractivity contribution in [3.63, 3.8) is 0 Å². The van der Waals surface area contributed by atoms with E-state index >= 15 is 0 Å². The van der Waals surface area contributed by atoms with Crippen molar-refractivity contribution < 1.29 is 4.79 Å². The van der Waals surface area contributed by atoms with Crippen molar-refractivity contribution >= 4 is 29.1 Å². The Morgan fingerprint density at radius 3 is 2.79 bits per heavy atom. The molecule has 2 atom stereocenters. The molecule has 1 aliphatic carbocycles. The van der Waals surface area contributed by atoms with Crippen molar-refractivity contribution in [3.8, 4) is 0 Å². The summed E-state index contributed by atoms with van der Waals surface area (Å²) >= 11 is 12.3. The molecule has 0 aliphatic heterocycles. The Morgan fingerprint density at radius 1 is 1.37 bits per heavy atom. The second-order valence-corrected chi connectivity index (χ2v) is 6.20. The van der Waals surface area contributed by atoms with Gasteiger partial charge >= 0.3 is 0 Å². The predicted molar refractivity (Wildman–Crippen MR) is 80.1 cm³/mol. The Bertz CT molecular complexity index is 461. The van der Waals surface area contributed by atoms with E-state index in [0.717, 1.165) is 18.4 Å². The highest BCUT2D eigenvalue weighted by molar-refractivity contribution is 6.31. The molecule has 2 nitrogen and oxygen atoms in total. The van der Waals surface area contributed by atoms with Crippen molar-refractivity contribution in [2.75, 3.05) is 6.54 Å². The molecule has 2 unspecified atom stereocenters. The summed E-state index contributed by atoms with van der Waals surface area (Å²) in [6, 6.07) is 5.38. The zero-order valence-corrected chi connectivity index (χ0v) is 12.6. The topological polar surface area (TPSA) is 29.1 Å². The fourth-order valence-corrected chi connectivity index (χ4v) is 3.00. The van der Waals surface area contributed by atoms with Gasteiger partial charge in [0.15, 0.2) is 0 Å². The Balaban J connectivity index is 1.91. The highest BCUT2D eigenvalue weighted by Gasteiger charge is 2.23. The molecule has 1 aromatic carbocycles. The molecule has 19 heavy (non-hydrogen) atoms. The van der Waals surface area contributed by atoms with Gasteiger partial charge in [0.25, 0.3) is 5.91 Å². The van der Waals surface area contributed by atoms with Crippen LogP contribution in [0, 0.1) is 12.8 Å². The monoisotopic (exact) mass is 299 g/mol. The zero-order chi connectivity index (χ0) is 13.8. The van der Waals surface area contributed by atoms with E-state index in [-0.39, 0.29) is 11.3 Å². The van der Waals surface area contributed by atoms with Gasteiger partial charge in [0.05, 0.1) is 0 Å². The second kappa shape index (κ2) is 6.62. The smallest absolute Gasteiger partial charge is 0.251 e. The number of benzene rings is 1. The lowest BCUT2D eigenvalue weighted by molar-refractivity contribution is 0.0944. The van der Waals surface area contributed by atoms with E-state index in [4.69, 9.17) is 23.2 Å². The molecule has 0 heterocycles. The highest BCUT2D eigenvalue weighted by Crippen LogP contribution is 2.28. The van der Waals surface area contributed by atoms with Crippen LogP contribution in [0.2, 0.25) is 5.02 Å². The van der Waals surface area contributed by atoms with Gasteiger partial charge in [-0.3, -0.25) is 4.79 Å². The van der Waals surface area contributed by atoms with Crippen molar-refractivity contribution in [3.05, 3.63) is 34.3 Å². The average molecular weight is 300 g/mol. The summed E-state index contributed by atoms with van der Waals surface area (Å²) in [6.07, 6.45) is 4.56.